The number of amides is 2. The number of ether oxygens (including phenoxy) is 1. The van der Waals surface area contributed by atoms with E-state index in [0.29, 0.717) is 16.9 Å². The second kappa shape index (κ2) is 6.81. The molecule has 2 aliphatic heterocycles. The highest BCUT2D eigenvalue weighted by atomic mass is 32.2. The summed E-state index contributed by atoms with van der Waals surface area (Å²) in [5.41, 5.74) is 0.846. The van der Waals surface area contributed by atoms with Crippen LogP contribution in [0.4, 0.5) is 0 Å². The Balaban J connectivity index is 1.50. The van der Waals surface area contributed by atoms with Gasteiger partial charge in [0.1, 0.15) is 0 Å². The maximum Gasteiger partial charge on any atom is 0.261 e. The summed E-state index contributed by atoms with van der Waals surface area (Å²) in [7, 11) is 0. The lowest BCUT2D eigenvalue weighted by Crippen LogP contribution is -2.38. The van der Waals surface area contributed by atoms with Gasteiger partial charge in [-0.3, -0.25) is 14.5 Å². The van der Waals surface area contributed by atoms with Crippen LogP contribution in [0.3, 0.4) is 0 Å². The molecule has 3 rings (SSSR count). The second-order valence-corrected chi connectivity index (χ2v) is 6.67. The largest absolute Gasteiger partial charge is 0.390 e. The van der Waals surface area contributed by atoms with Gasteiger partial charge >= 0.3 is 0 Å². The number of fused-ring (bicyclic) bond motifs is 1. The maximum absolute atomic E-state index is 12.2. The highest BCUT2D eigenvalue weighted by Crippen LogP contribution is 2.23. The first-order valence-corrected chi connectivity index (χ1v) is 8.65. The van der Waals surface area contributed by atoms with Gasteiger partial charge in [-0.2, -0.15) is 11.8 Å². The number of carbonyl (C=O) groups is 2. The standard InChI is InChI=1S/C16H19NO4S/c18-11(9-22-10-12-4-3-7-21-12)8-17-15(19)13-5-1-2-6-14(13)16(17)20/h1-2,5-6,11-12,18H,3-4,7-10H2. The van der Waals surface area contributed by atoms with Crippen molar-refractivity contribution in [3.8, 4) is 0 Å². The molecule has 1 fully saturated rings. The summed E-state index contributed by atoms with van der Waals surface area (Å²) in [6, 6.07) is 6.77. The van der Waals surface area contributed by atoms with E-state index in [1.807, 2.05) is 0 Å². The first-order valence-electron chi connectivity index (χ1n) is 7.49. The fourth-order valence-electron chi connectivity index (χ4n) is 2.78. The molecule has 0 spiro atoms. The Morgan fingerprint density at radius 1 is 1.27 bits per heavy atom. The molecule has 5 nitrogen and oxygen atoms in total. The van der Waals surface area contributed by atoms with E-state index in [9.17, 15) is 14.7 Å². The van der Waals surface area contributed by atoms with Gasteiger partial charge in [-0.15, -0.1) is 0 Å². The molecule has 2 unspecified atom stereocenters. The van der Waals surface area contributed by atoms with E-state index in [-0.39, 0.29) is 24.5 Å². The SMILES string of the molecule is O=C1c2ccccc2C(=O)N1CC(O)CSCC1CCCO1. The highest BCUT2D eigenvalue weighted by molar-refractivity contribution is 7.99. The van der Waals surface area contributed by atoms with Crippen molar-refractivity contribution in [1.82, 2.24) is 4.90 Å². The average molecular weight is 321 g/mol. The topological polar surface area (TPSA) is 66.8 Å². The summed E-state index contributed by atoms with van der Waals surface area (Å²) in [5, 5.41) is 10.1. The van der Waals surface area contributed by atoms with Gasteiger partial charge in [0, 0.05) is 18.1 Å². The average Bonchev–Trinajstić information content (AvgIpc) is 3.11. The van der Waals surface area contributed by atoms with Crippen LogP contribution < -0.4 is 0 Å². The van der Waals surface area contributed by atoms with Crippen molar-refractivity contribution in [3.05, 3.63) is 35.4 Å². The number of hydrogen-bond donors (Lipinski definition) is 1. The predicted octanol–water partition coefficient (Wildman–Crippen LogP) is 1.56. The lowest BCUT2D eigenvalue weighted by molar-refractivity contribution is 0.0567. The van der Waals surface area contributed by atoms with Crippen LogP contribution in [0.1, 0.15) is 33.6 Å². The van der Waals surface area contributed by atoms with Gasteiger partial charge < -0.3 is 9.84 Å². The Kier molecular flexibility index (Phi) is 4.81. The number of imide groups is 1. The van der Waals surface area contributed by atoms with Gasteiger partial charge in [0.2, 0.25) is 0 Å². The Morgan fingerprint density at radius 3 is 2.55 bits per heavy atom. The fraction of sp³-hybridized carbons (Fsp3) is 0.500. The first-order chi connectivity index (χ1) is 10.7. The van der Waals surface area contributed by atoms with Crippen molar-refractivity contribution in [2.45, 2.75) is 25.0 Å². The summed E-state index contributed by atoms with van der Waals surface area (Å²) in [6.07, 6.45) is 1.73. The van der Waals surface area contributed by atoms with Gasteiger partial charge in [0.25, 0.3) is 11.8 Å². The molecule has 0 aliphatic carbocycles. The number of carbonyl (C=O) groups excluding carboxylic acids is 2. The van der Waals surface area contributed by atoms with Crippen LogP contribution in [-0.4, -0.2) is 58.7 Å². The van der Waals surface area contributed by atoms with Gasteiger partial charge in [0.15, 0.2) is 0 Å². The molecule has 0 bridgehead atoms. The molecule has 1 aromatic carbocycles. The van der Waals surface area contributed by atoms with Gasteiger partial charge in [-0.05, 0) is 25.0 Å². The van der Waals surface area contributed by atoms with E-state index >= 15 is 0 Å². The monoisotopic (exact) mass is 321 g/mol. The predicted molar refractivity (Wildman–Crippen MR) is 84.1 cm³/mol. The van der Waals surface area contributed by atoms with Crippen LogP contribution in [0.2, 0.25) is 0 Å². The summed E-state index contributed by atoms with van der Waals surface area (Å²) >= 11 is 1.60. The lowest BCUT2D eigenvalue weighted by atomic mass is 10.1. The normalized spacial score (nSPS) is 22.2. The molecule has 1 N–H and O–H groups in total. The van der Waals surface area contributed by atoms with E-state index in [4.69, 9.17) is 4.74 Å². The smallest absolute Gasteiger partial charge is 0.261 e. The summed E-state index contributed by atoms with van der Waals surface area (Å²) in [6.45, 7) is 0.869. The van der Waals surface area contributed by atoms with Crippen LogP contribution in [0.5, 0.6) is 0 Å². The third kappa shape index (κ3) is 3.19. The molecule has 0 saturated carbocycles. The maximum atomic E-state index is 12.2. The molecule has 1 saturated heterocycles. The fourth-order valence-corrected chi connectivity index (χ4v) is 3.82. The quantitative estimate of drug-likeness (QED) is 0.805. The number of hydrogen-bond acceptors (Lipinski definition) is 5. The molecular formula is C16H19NO4S. The zero-order chi connectivity index (χ0) is 15.5. The molecule has 6 heteroatoms. The van der Waals surface area contributed by atoms with Crippen LogP contribution >= 0.6 is 11.8 Å². The summed E-state index contributed by atoms with van der Waals surface area (Å²) in [4.78, 5) is 25.5. The minimum Gasteiger partial charge on any atom is -0.390 e. The third-order valence-corrected chi connectivity index (χ3v) is 5.14. The molecule has 1 aromatic rings. The van der Waals surface area contributed by atoms with E-state index < -0.39 is 6.10 Å². The van der Waals surface area contributed by atoms with Crippen molar-refractivity contribution in [3.63, 3.8) is 0 Å². The second-order valence-electron chi connectivity index (χ2n) is 5.59. The van der Waals surface area contributed by atoms with Crippen molar-refractivity contribution in [2.24, 2.45) is 0 Å². The van der Waals surface area contributed by atoms with Crippen LogP contribution in [0.25, 0.3) is 0 Å². The number of nitrogens with zero attached hydrogens (tertiary/aromatic N) is 1. The zero-order valence-electron chi connectivity index (χ0n) is 12.2. The van der Waals surface area contributed by atoms with Gasteiger partial charge in [-0.1, -0.05) is 12.1 Å². The van der Waals surface area contributed by atoms with Gasteiger partial charge in [0.05, 0.1) is 29.9 Å². The summed E-state index contributed by atoms with van der Waals surface area (Å²) in [5.74, 6) is 0.708. The number of rotatable bonds is 6. The molecule has 0 radical (unpaired) electrons. The molecule has 2 amide bonds. The number of β-amino-alcohol motifs (C(OH)–C–C–N with tert-alkyl or cyclic N) is 1. The number of benzene rings is 1. The Hall–Kier alpha value is -1.37. The minimum absolute atomic E-state index is 0.0465. The van der Waals surface area contributed by atoms with Crippen molar-refractivity contribution < 1.29 is 19.4 Å². The number of thioether (sulfide) groups is 1. The van der Waals surface area contributed by atoms with E-state index in [0.717, 1.165) is 30.1 Å². The molecule has 2 atom stereocenters. The van der Waals surface area contributed by atoms with E-state index in [1.165, 1.54) is 0 Å². The van der Waals surface area contributed by atoms with Crippen LogP contribution in [0.15, 0.2) is 24.3 Å². The Labute approximate surface area is 133 Å². The molecule has 22 heavy (non-hydrogen) atoms. The number of aliphatic hydroxyl groups excluding tert-OH is 1. The highest BCUT2D eigenvalue weighted by Gasteiger charge is 2.36. The number of aliphatic hydroxyl groups is 1. The lowest BCUT2D eigenvalue weighted by Gasteiger charge is -2.18. The Morgan fingerprint density at radius 2 is 1.95 bits per heavy atom. The minimum atomic E-state index is -0.714. The molecular weight excluding hydrogens is 302 g/mol. The van der Waals surface area contributed by atoms with E-state index in [1.54, 1.807) is 36.0 Å². The van der Waals surface area contributed by atoms with Gasteiger partial charge in [-0.25, -0.2) is 0 Å². The molecule has 2 aliphatic rings. The summed E-state index contributed by atoms with van der Waals surface area (Å²) < 4.78 is 5.52. The molecule has 118 valence electrons. The zero-order valence-corrected chi connectivity index (χ0v) is 13.1. The van der Waals surface area contributed by atoms with Crippen molar-refractivity contribution in [1.29, 1.82) is 0 Å². The molecule has 2 heterocycles. The third-order valence-electron chi connectivity index (χ3n) is 3.91. The van der Waals surface area contributed by atoms with Crippen molar-refractivity contribution in [2.75, 3.05) is 24.7 Å². The van der Waals surface area contributed by atoms with Crippen LogP contribution in [-0.2, 0) is 4.74 Å². The van der Waals surface area contributed by atoms with E-state index in [2.05, 4.69) is 0 Å². The molecule has 0 aromatic heterocycles. The first kappa shape index (κ1) is 15.5. The van der Waals surface area contributed by atoms with Crippen molar-refractivity contribution >= 4 is 23.6 Å². The van der Waals surface area contributed by atoms with Crippen LogP contribution in [0, 0.1) is 0 Å². The Bertz CT molecular complexity index is 536.